The lowest BCUT2D eigenvalue weighted by atomic mass is 9.95. The molecule has 0 aliphatic carbocycles. The fourth-order valence-electron chi connectivity index (χ4n) is 3.08. The maximum atomic E-state index is 11.7. The van der Waals surface area contributed by atoms with Crippen LogP contribution in [0, 0.1) is 0 Å². The number of aromatic nitrogens is 2. The van der Waals surface area contributed by atoms with Gasteiger partial charge in [0.05, 0.1) is 30.1 Å². The average Bonchev–Trinajstić information content (AvgIpc) is 2.97. The number of nitrogens with zero attached hydrogens (tertiary/aromatic N) is 3. The van der Waals surface area contributed by atoms with Crippen molar-refractivity contribution in [1.29, 1.82) is 0 Å². The molecule has 1 unspecified atom stereocenters. The van der Waals surface area contributed by atoms with Crippen molar-refractivity contribution in [3.05, 3.63) is 58.7 Å². The molecule has 1 atom stereocenters. The molecule has 2 aromatic heterocycles. The minimum Gasteiger partial charge on any atom is -0.457 e. The first-order valence-electron chi connectivity index (χ1n) is 7.54. The number of carbonyl (C=O) groups excluding carboxylic acids is 1. The van der Waals surface area contributed by atoms with Crippen molar-refractivity contribution < 1.29 is 14.6 Å². The Bertz CT molecular complexity index is 802. The van der Waals surface area contributed by atoms with E-state index in [2.05, 4.69) is 15.0 Å². The van der Waals surface area contributed by atoms with Crippen molar-refractivity contribution in [2.45, 2.75) is 25.5 Å². The summed E-state index contributed by atoms with van der Waals surface area (Å²) in [6.45, 7) is 0.472. The lowest BCUT2D eigenvalue weighted by Gasteiger charge is -2.25. The van der Waals surface area contributed by atoms with Crippen LogP contribution in [-0.4, -0.2) is 33.4 Å². The number of rotatable bonds is 3. The minimum atomic E-state index is -0.437. The van der Waals surface area contributed by atoms with Crippen LogP contribution in [0.15, 0.2) is 35.6 Å². The van der Waals surface area contributed by atoms with Gasteiger partial charge in [-0.1, -0.05) is 0 Å². The van der Waals surface area contributed by atoms with Gasteiger partial charge in [0.15, 0.2) is 0 Å². The Morgan fingerprint density at radius 2 is 2.09 bits per heavy atom. The zero-order chi connectivity index (χ0) is 15.8. The van der Waals surface area contributed by atoms with E-state index in [1.54, 1.807) is 12.4 Å². The predicted octanol–water partition coefficient (Wildman–Crippen LogP) is 1.35. The molecule has 1 N–H and O–H groups in total. The maximum Gasteiger partial charge on any atom is 0.312 e. The van der Waals surface area contributed by atoms with Crippen molar-refractivity contribution in [3.63, 3.8) is 0 Å². The van der Waals surface area contributed by atoms with Crippen LogP contribution in [0.5, 0.6) is 0 Å². The number of pyridine rings is 2. The Kier molecular flexibility index (Phi) is 3.38. The first-order valence-corrected chi connectivity index (χ1v) is 7.54. The van der Waals surface area contributed by atoms with Crippen molar-refractivity contribution in [3.8, 4) is 0 Å². The normalized spacial score (nSPS) is 18.9. The van der Waals surface area contributed by atoms with Crippen LogP contribution < -0.4 is 0 Å². The lowest BCUT2D eigenvalue weighted by molar-refractivity contribution is -0.151. The van der Waals surface area contributed by atoms with Crippen LogP contribution in [-0.2, 0) is 22.5 Å². The zero-order valence-electron chi connectivity index (χ0n) is 12.4. The van der Waals surface area contributed by atoms with Crippen LogP contribution in [0.3, 0.4) is 0 Å². The highest BCUT2D eigenvalue weighted by Gasteiger charge is 2.31. The molecule has 2 aliphatic heterocycles. The van der Waals surface area contributed by atoms with Gasteiger partial charge < -0.3 is 9.84 Å². The van der Waals surface area contributed by atoms with Crippen molar-refractivity contribution in [2.24, 2.45) is 4.99 Å². The van der Waals surface area contributed by atoms with Crippen molar-refractivity contribution >= 4 is 11.7 Å². The number of aliphatic imine (C=N–C) groups is 1. The predicted molar refractivity (Wildman–Crippen MR) is 82.1 cm³/mol. The van der Waals surface area contributed by atoms with Gasteiger partial charge in [-0.25, -0.2) is 0 Å². The third-order valence-corrected chi connectivity index (χ3v) is 4.13. The van der Waals surface area contributed by atoms with Crippen LogP contribution in [0.25, 0.3) is 0 Å². The topological polar surface area (TPSA) is 84.7 Å². The lowest BCUT2D eigenvalue weighted by Crippen LogP contribution is -2.24. The summed E-state index contributed by atoms with van der Waals surface area (Å²) in [6, 6.07) is 5.84. The number of cyclic esters (lactones) is 1. The van der Waals surface area contributed by atoms with Gasteiger partial charge in [-0.2, -0.15) is 0 Å². The average molecular weight is 309 g/mol. The van der Waals surface area contributed by atoms with Gasteiger partial charge in [-0.15, -0.1) is 0 Å². The Morgan fingerprint density at radius 1 is 1.26 bits per heavy atom. The van der Waals surface area contributed by atoms with Gasteiger partial charge in [0.25, 0.3) is 0 Å². The van der Waals surface area contributed by atoms with E-state index in [1.165, 1.54) is 0 Å². The Labute approximate surface area is 132 Å². The van der Waals surface area contributed by atoms with E-state index in [9.17, 15) is 9.90 Å². The van der Waals surface area contributed by atoms with E-state index >= 15 is 0 Å². The Hall–Kier alpha value is -2.60. The molecule has 6 nitrogen and oxygen atoms in total. The molecule has 2 aliphatic rings. The second-order valence-corrected chi connectivity index (χ2v) is 5.59. The molecule has 0 saturated heterocycles. The smallest absolute Gasteiger partial charge is 0.312 e. The molecule has 116 valence electrons. The first kappa shape index (κ1) is 14.0. The van der Waals surface area contributed by atoms with Crippen molar-refractivity contribution in [2.75, 3.05) is 6.61 Å². The number of ether oxygens (including phenoxy) is 1. The minimum absolute atomic E-state index is 0.0419. The molecule has 0 aromatic carbocycles. The molecule has 2 aromatic rings. The van der Waals surface area contributed by atoms with Gasteiger partial charge >= 0.3 is 5.97 Å². The Balaban J connectivity index is 1.79. The van der Waals surface area contributed by atoms with Crippen molar-refractivity contribution in [1.82, 2.24) is 9.97 Å². The summed E-state index contributed by atoms with van der Waals surface area (Å²) >= 11 is 0. The maximum absolute atomic E-state index is 11.7. The van der Waals surface area contributed by atoms with Crippen LogP contribution in [0.2, 0.25) is 0 Å². The summed E-state index contributed by atoms with van der Waals surface area (Å²) in [7, 11) is 0. The molecular formula is C17H15N3O3. The first-order chi connectivity index (χ1) is 11.3. The van der Waals surface area contributed by atoms with E-state index in [1.807, 2.05) is 18.2 Å². The monoisotopic (exact) mass is 309 g/mol. The number of esters is 1. The van der Waals surface area contributed by atoms with E-state index in [0.717, 1.165) is 33.8 Å². The number of aliphatic hydroxyl groups excluding tert-OH is 1. The molecule has 23 heavy (non-hydrogen) atoms. The van der Waals surface area contributed by atoms with Gasteiger partial charge in [0, 0.05) is 42.1 Å². The highest BCUT2D eigenvalue weighted by Crippen LogP contribution is 2.33. The summed E-state index contributed by atoms with van der Waals surface area (Å²) < 4.78 is 5.37. The Morgan fingerprint density at radius 3 is 2.87 bits per heavy atom. The quantitative estimate of drug-likeness (QED) is 0.865. The molecule has 0 saturated carbocycles. The molecule has 0 spiro atoms. The zero-order valence-corrected chi connectivity index (χ0v) is 12.4. The standard InChI is InChI=1S/C17H15N3O3/c21-6-3-15-11-7-12-14(20-13(11)8-16(22)23-15)9-19-17(12)10-1-4-18-5-2-10/h1-2,4-5,7,15,21H,3,6,8-9H2. The highest BCUT2D eigenvalue weighted by atomic mass is 16.5. The molecule has 0 radical (unpaired) electrons. The summed E-state index contributed by atoms with van der Waals surface area (Å²) in [5, 5.41) is 9.21. The molecule has 0 amide bonds. The summed E-state index contributed by atoms with van der Waals surface area (Å²) in [6.07, 6.45) is 3.58. The van der Waals surface area contributed by atoms with Gasteiger partial charge in [-0.05, 0) is 18.2 Å². The number of carbonyl (C=O) groups is 1. The number of hydrogen-bond acceptors (Lipinski definition) is 6. The SMILES string of the molecule is O=C1Cc2nc3c(cc2C(CCO)O1)C(c1ccncc1)=NC3. The van der Waals surface area contributed by atoms with Crippen LogP contribution in [0.4, 0.5) is 0 Å². The molecule has 4 heterocycles. The van der Waals surface area contributed by atoms with Gasteiger partial charge in [-0.3, -0.25) is 19.8 Å². The van der Waals surface area contributed by atoms with E-state index < -0.39 is 6.10 Å². The highest BCUT2D eigenvalue weighted by molar-refractivity contribution is 6.14. The fraction of sp³-hybridized carbons (Fsp3) is 0.294. The number of fused-ring (bicyclic) bond motifs is 2. The molecule has 0 fully saturated rings. The third kappa shape index (κ3) is 2.41. The number of hydrogen-bond donors (Lipinski definition) is 1. The molecule has 6 heteroatoms. The second kappa shape index (κ2) is 5.55. The molecule has 4 rings (SSSR count). The summed E-state index contributed by atoms with van der Waals surface area (Å²) in [4.78, 5) is 25.0. The fourth-order valence-corrected chi connectivity index (χ4v) is 3.08. The number of aliphatic hydroxyl groups is 1. The molecule has 0 bridgehead atoms. The van der Waals surface area contributed by atoms with E-state index in [0.29, 0.717) is 13.0 Å². The summed E-state index contributed by atoms with van der Waals surface area (Å²) in [5.74, 6) is -0.295. The van der Waals surface area contributed by atoms with Gasteiger partial charge in [0.1, 0.15) is 6.10 Å². The summed E-state index contributed by atoms with van der Waals surface area (Å²) in [5.41, 5.74) is 5.35. The second-order valence-electron chi connectivity index (χ2n) is 5.59. The third-order valence-electron chi connectivity index (χ3n) is 4.13. The van der Waals surface area contributed by atoms with Crippen LogP contribution in [0.1, 0.15) is 40.6 Å². The largest absolute Gasteiger partial charge is 0.457 e. The van der Waals surface area contributed by atoms with Gasteiger partial charge in [0.2, 0.25) is 0 Å². The molecular weight excluding hydrogens is 294 g/mol. The van der Waals surface area contributed by atoms with Crippen LogP contribution >= 0.6 is 0 Å². The van der Waals surface area contributed by atoms with E-state index in [4.69, 9.17) is 4.74 Å². The van der Waals surface area contributed by atoms with E-state index in [-0.39, 0.29) is 19.0 Å².